The average molecular weight is 322 g/mol. The summed E-state index contributed by atoms with van der Waals surface area (Å²) in [6.45, 7) is 4.22. The second-order valence-electron chi connectivity index (χ2n) is 6.72. The zero-order chi connectivity index (χ0) is 15.4. The fourth-order valence-electron chi connectivity index (χ4n) is 3.69. The smallest absolute Gasteiger partial charge is 0.254 e. The molecule has 4 nitrogen and oxygen atoms in total. The van der Waals surface area contributed by atoms with Crippen LogP contribution in [0.15, 0.2) is 16.8 Å². The Morgan fingerprint density at radius 3 is 2.68 bits per heavy atom. The summed E-state index contributed by atoms with van der Waals surface area (Å²) in [6.07, 6.45) is 6.40. The van der Waals surface area contributed by atoms with Gasteiger partial charge in [0, 0.05) is 38.1 Å². The van der Waals surface area contributed by atoms with Crippen molar-refractivity contribution < 1.29 is 9.90 Å². The van der Waals surface area contributed by atoms with Gasteiger partial charge in [-0.25, -0.2) is 0 Å². The molecule has 0 bridgehead atoms. The first-order valence-electron chi connectivity index (χ1n) is 8.43. The summed E-state index contributed by atoms with van der Waals surface area (Å²) < 4.78 is 0. The van der Waals surface area contributed by atoms with E-state index < -0.39 is 5.60 Å². The monoisotopic (exact) mass is 322 g/mol. The van der Waals surface area contributed by atoms with E-state index in [0.29, 0.717) is 0 Å². The van der Waals surface area contributed by atoms with Crippen molar-refractivity contribution in [3.8, 4) is 0 Å². The normalized spacial score (nSPS) is 23.2. The van der Waals surface area contributed by atoms with Gasteiger partial charge in [0.1, 0.15) is 0 Å². The van der Waals surface area contributed by atoms with Gasteiger partial charge in [0.2, 0.25) is 0 Å². The number of carbonyl (C=O) groups excluding carboxylic acids is 1. The zero-order valence-corrected chi connectivity index (χ0v) is 14.0. The molecule has 1 aliphatic carbocycles. The highest BCUT2D eigenvalue weighted by Crippen LogP contribution is 2.29. The maximum atomic E-state index is 12.4. The molecule has 1 N–H and O–H groups in total. The highest BCUT2D eigenvalue weighted by molar-refractivity contribution is 7.08. The van der Waals surface area contributed by atoms with Gasteiger partial charge in [-0.2, -0.15) is 11.3 Å². The maximum Gasteiger partial charge on any atom is 0.254 e. The van der Waals surface area contributed by atoms with Crippen LogP contribution < -0.4 is 0 Å². The molecule has 0 radical (unpaired) electrons. The number of β-amino-alcohol motifs (C(OH)–C–C–N with tert-alkyl or cyclic N) is 1. The van der Waals surface area contributed by atoms with Crippen molar-refractivity contribution >= 4 is 17.2 Å². The van der Waals surface area contributed by atoms with Gasteiger partial charge in [-0.05, 0) is 30.7 Å². The standard InChI is InChI=1S/C17H26N2O2S/c20-16(15-5-12-22-13-15)19-9-4-8-18(10-11-19)14-17(21)6-2-1-3-7-17/h5,12-13,21H,1-4,6-11,14H2. The van der Waals surface area contributed by atoms with Crippen LogP contribution in [0.5, 0.6) is 0 Å². The third-order valence-corrected chi connectivity index (χ3v) is 5.63. The SMILES string of the molecule is O=C(c1ccsc1)N1CCCN(CC2(O)CCCCC2)CC1. The van der Waals surface area contributed by atoms with Gasteiger partial charge in [0.15, 0.2) is 0 Å². The number of aliphatic hydroxyl groups is 1. The highest BCUT2D eigenvalue weighted by Gasteiger charge is 2.32. The Morgan fingerprint density at radius 1 is 1.14 bits per heavy atom. The molecule has 1 saturated heterocycles. The Labute approximate surface area is 136 Å². The first-order chi connectivity index (χ1) is 10.7. The zero-order valence-electron chi connectivity index (χ0n) is 13.2. The topological polar surface area (TPSA) is 43.8 Å². The highest BCUT2D eigenvalue weighted by atomic mass is 32.1. The number of rotatable bonds is 3. The number of thiophene rings is 1. The fourth-order valence-corrected chi connectivity index (χ4v) is 4.31. The van der Waals surface area contributed by atoms with E-state index in [4.69, 9.17) is 0 Å². The summed E-state index contributed by atoms with van der Waals surface area (Å²) >= 11 is 1.57. The molecule has 2 fully saturated rings. The second-order valence-corrected chi connectivity index (χ2v) is 7.50. The molecular weight excluding hydrogens is 296 g/mol. The van der Waals surface area contributed by atoms with Gasteiger partial charge in [0.25, 0.3) is 5.91 Å². The minimum Gasteiger partial charge on any atom is -0.389 e. The molecule has 3 rings (SSSR count). The van der Waals surface area contributed by atoms with Crippen LogP contribution in [0, 0.1) is 0 Å². The second kappa shape index (κ2) is 7.11. The van der Waals surface area contributed by atoms with Gasteiger partial charge >= 0.3 is 0 Å². The van der Waals surface area contributed by atoms with Gasteiger partial charge in [-0.3, -0.25) is 9.69 Å². The molecule has 5 heteroatoms. The third-order valence-electron chi connectivity index (χ3n) is 4.95. The Morgan fingerprint density at radius 2 is 1.95 bits per heavy atom. The number of hydrogen-bond donors (Lipinski definition) is 1. The maximum absolute atomic E-state index is 12.4. The number of carbonyl (C=O) groups is 1. The van der Waals surface area contributed by atoms with Crippen molar-refractivity contribution in [2.75, 3.05) is 32.7 Å². The predicted octanol–water partition coefficient (Wildman–Crippen LogP) is 2.59. The molecule has 0 unspecified atom stereocenters. The third kappa shape index (κ3) is 3.89. The van der Waals surface area contributed by atoms with Gasteiger partial charge in [-0.1, -0.05) is 19.3 Å². The van der Waals surface area contributed by atoms with Crippen molar-refractivity contribution in [1.82, 2.24) is 9.80 Å². The molecule has 1 saturated carbocycles. The Balaban J connectivity index is 1.54. The van der Waals surface area contributed by atoms with Gasteiger partial charge < -0.3 is 10.0 Å². The number of nitrogens with zero attached hydrogens (tertiary/aromatic N) is 2. The van der Waals surface area contributed by atoms with E-state index in [9.17, 15) is 9.90 Å². The van der Waals surface area contributed by atoms with Crippen molar-refractivity contribution in [2.24, 2.45) is 0 Å². The van der Waals surface area contributed by atoms with E-state index in [2.05, 4.69) is 4.90 Å². The quantitative estimate of drug-likeness (QED) is 0.930. The van der Waals surface area contributed by atoms with E-state index >= 15 is 0 Å². The van der Waals surface area contributed by atoms with Crippen LogP contribution >= 0.6 is 11.3 Å². The molecule has 0 aromatic carbocycles. The molecule has 2 heterocycles. The lowest BCUT2D eigenvalue weighted by Gasteiger charge is -2.36. The van der Waals surface area contributed by atoms with Crippen LogP contribution in [0.1, 0.15) is 48.9 Å². The molecule has 1 amide bonds. The molecule has 1 aromatic heterocycles. The predicted molar refractivity (Wildman–Crippen MR) is 89.3 cm³/mol. The first-order valence-corrected chi connectivity index (χ1v) is 9.37. The molecule has 0 atom stereocenters. The van der Waals surface area contributed by atoms with Crippen molar-refractivity contribution in [3.05, 3.63) is 22.4 Å². The summed E-state index contributed by atoms with van der Waals surface area (Å²) in [5.41, 5.74) is 0.314. The van der Waals surface area contributed by atoms with Crippen LogP contribution in [0.2, 0.25) is 0 Å². The first kappa shape index (κ1) is 16.0. The summed E-state index contributed by atoms with van der Waals surface area (Å²) in [6, 6.07) is 1.90. The van der Waals surface area contributed by atoms with Gasteiger partial charge in [-0.15, -0.1) is 0 Å². The lowest BCUT2D eigenvalue weighted by atomic mass is 9.84. The number of hydrogen-bond acceptors (Lipinski definition) is 4. The number of amides is 1. The van der Waals surface area contributed by atoms with Crippen molar-refractivity contribution in [3.63, 3.8) is 0 Å². The minimum absolute atomic E-state index is 0.152. The van der Waals surface area contributed by atoms with Crippen molar-refractivity contribution in [1.29, 1.82) is 0 Å². The van der Waals surface area contributed by atoms with Crippen molar-refractivity contribution in [2.45, 2.75) is 44.1 Å². The summed E-state index contributed by atoms with van der Waals surface area (Å²) in [5, 5.41) is 14.6. The average Bonchev–Trinajstić information content (AvgIpc) is 2.95. The molecule has 2 aliphatic rings. The largest absolute Gasteiger partial charge is 0.389 e. The van der Waals surface area contributed by atoms with E-state index in [-0.39, 0.29) is 5.91 Å². The van der Waals surface area contributed by atoms with Crippen LogP contribution in [0.4, 0.5) is 0 Å². The summed E-state index contributed by atoms with van der Waals surface area (Å²) in [5.74, 6) is 0.152. The molecule has 22 heavy (non-hydrogen) atoms. The Kier molecular flexibility index (Phi) is 5.16. The van der Waals surface area contributed by atoms with E-state index in [1.807, 2.05) is 21.7 Å². The van der Waals surface area contributed by atoms with E-state index in [1.54, 1.807) is 11.3 Å². The molecule has 122 valence electrons. The van der Waals surface area contributed by atoms with E-state index in [1.165, 1.54) is 6.42 Å². The molecule has 1 aliphatic heterocycles. The Bertz CT molecular complexity index is 483. The summed E-state index contributed by atoms with van der Waals surface area (Å²) in [7, 11) is 0. The lowest BCUT2D eigenvalue weighted by molar-refractivity contribution is -0.0252. The molecule has 1 aromatic rings. The van der Waals surface area contributed by atoms with E-state index in [0.717, 1.165) is 70.4 Å². The van der Waals surface area contributed by atoms with Gasteiger partial charge in [0.05, 0.1) is 11.2 Å². The summed E-state index contributed by atoms with van der Waals surface area (Å²) in [4.78, 5) is 16.8. The minimum atomic E-state index is -0.495. The van der Waals surface area contributed by atoms with Crippen LogP contribution in [0.3, 0.4) is 0 Å². The van der Waals surface area contributed by atoms with Crippen LogP contribution in [-0.4, -0.2) is 59.1 Å². The Hall–Kier alpha value is -0.910. The van der Waals surface area contributed by atoms with Crippen LogP contribution in [-0.2, 0) is 0 Å². The fraction of sp³-hybridized carbons (Fsp3) is 0.706. The van der Waals surface area contributed by atoms with Crippen LogP contribution in [0.25, 0.3) is 0 Å². The molecular formula is C17H26N2O2S. The molecule has 0 spiro atoms. The lowest BCUT2D eigenvalue weighted by Crippen LogP contribution is -2.45.